The zero-order valence-electron chi connectivity index (χ0n) is 16.1. The van der Waals surface area contributed by atoms with Crippen molar-refractivity contribution in [3.8, 4) is 0 Å². The van der Waals surface area contributed by atoms with Crippen LogP contribution in [0, 0.1) is 0 Å². The lowest BCUT2D eigenvalue weighted by Crippen LogP contribution is -2.57. The molecular formula is C17H33IN4O3S. The van der Waals surface area contributed by atoms with E-state index in [0.717, 1.165) is 12.8 Å². The van der Waals surface area contributed by atoms with Gasteiger partial charge in [0.1, 0.15) is 0 Å². The van der Waals surface area contributed by atoms with E-state index in [1.807, 2.05) is 4.90 Å². The van der Waals surface area contributed by atoms with Gasteiger partial charge in [-0.05, 0) is 26.7 Å². The van der Waals surface area contributed by atoms with Crippen LogP contribution in [0.15, 0.2) is 4.99 Å². The van der Waals surface area contributed by atoms with Crippen LogP contribution in [0.3, 0.4) is 0 Å². The van der Waals surface area contributed by atoms with Gasteiger partial charge in [-0.15, -0.1) is 24.0 Å². The van der Waals surface area contributed by atoms with Crippen LogP contribution in [-0.4, -0.2) is 68.4 Å². The number of amides is 1. The lowest BCUT2D eigenvalue weighted by molar-refractivity contribution is -0.121. The molecule has 2 rings (SSSR count). The van der Waals surface area contributed by atoms with Crippen LogP contribution in [0.25, 0.3) is 0 Å². The summed E-state index contributed by atoms with van der Waals surface area (Å²) < 4.78 is 23.4. The lowest BCUT2D eigenvalue weighted by Gasteiger charge is -2.39. The van der Waals surface area contributed by atoms with Crippen molar-refractivity contribution in [2.75, 3.05) is 32.4 Å². The first-order valence-electron chi connectivity index (χ1n) is 9.22. The van der Waals surface area contributed by atoms with Gasteiger partial charge < -0.3 is 15.5 Å². The van der Waals surface area contributed by atoms with E-state index in [-0.39, 0.29) is 35.6 Å². The summed E-state index contributed by atoms with van der Waals surface area (Å²) >= 11 is 0. The summed E-state index contributed by atoms with van der Waals surface area (Å²) in [5.74, 6) is 0.855. The quantitative estimate of drug-likeness (QED) is 0.347. The fourth-order valence-corrected chi connectivity index (χ4v) is 4.86. The van der Waals surface area contributed by atoms with Gasteiger partial charge in [0.15, 0.2) is 15.8 Å². The van der Waals surface area contributed by atoms with Crippen LogP contribution >= 0.6 is 24.0 Å². The van der Waals surface area contributed by atoms with Gasteiger partial charge in [-0.3, -0.25) is 9.79 Å². The monoisotopic (exact) mass is 500 g/mol. The third-order valence-electron chi connectivity index (χ3n) is 5.16. The van der Waals surface area contributed by atoms with Crippen LogP contribution < -0.4 is 10.6 Å². The largest absolute Gasteiger partial charge is 0.356 e. The van der Waals surface area contributed by atoms with E-state index in [4.69, 9.17) is 0 Å². The van der Waals surface area contributed by atoms with Gasteiger partial charge in [0.25, 0.3) is 0 Å². The molecule has 9 heteroatoms. The molecule has 2 fully saturated rings. The van der Waals surface area contributed by atoms with E-state index in [1.54, 1.807) is 20.9 Å². The van der Waals surface area contributed by atoms with E-state index >= 15 is 0 Å². The molecule has 1 saturated carbocycles. The van der Waals surface area contributed by atoms with Gasteiger partial charge in [-0.2, -0.15) is 0 Å². The predicted molar refractivity (Wildman–Crippen MR) is 116 cm³/mol. The van der Waals surface area contributed by atoms with Crippen LogP contribution in [0.4, 0.5) is 0 Å². The highest BCUT2D eigenvalue weighted by Gasteiger charge is 2.40. The SMILES string of the molecule is CN=C(NCCC(=O)NC1CCCCC1)N1CCS(=O)(=O)C(C)(C)C1.I. The number of sulfone groups is 1. The number of nitrogens with one attached hydrogen (secondary N) is 2. The van der Waals surface area contributed by atoms with Gasteiger partial charge in [0.2, 0.25) is 5.91 Å². The van der Waals surface area contributed by atoms with E-state index in [9.17, 15) is 13.2 Å². The second-order valence-electron chi connectivity index (χ2n) is 7.63. The third kappa shape index (κ3) is 6.24. The zero-order chi connectivity index (χ0) is 18.5. The van der Waals surface area contributed by atoms with Crippen LogP contribution in [-0.2, 0) is 14.6 Å². The Labute approximate surface area is 174 Å². The minimum absolute atomic E-state index is 0. The first-order valence-corrected chi connectivity index (χ1v) is 10.9. The zero-order valence-corrected chi connectivity index (χ0v) is 19.2. The standard InChI is InChI=1S/C17H32N4O3S.HI/c1-17(2)13-21(11-12-25(17,23)24)16(18-3)19-10-9-15(22)20-14-7-5-4-6-8-14;/h14H,4-13H2,1-3H3,(H,18,19)(H,20,22);1H. The number of rotatable bonds is 4. The first kappa shape index (κ1) is 23.5. The normalized spacial score (nSPS) is 23.0. The van der Waals surface area contributed by atoms with Crippen molar-refractivity contribution in [2.24, 2.45) is 4.99 Å². The van der Waals surface area contributed by atoms with Crippen LogP contribution in [0.1, 0.15) is 52.4 Å². The minimum Gasteiger partial charge on any atom is -0.356 e. The number of aliphatic imine (C=N–C) groups is 1. The van der Waals surface area contributed by atoms with Gasteiger partial charge in [-0.1, -0.05) is 19.3 Å². The summed E-state index contributed by atoms with van der Waals surface area (Å²) in [5.41, 5.74) is 0. The molecule has 26 heavy (non-hydrogen) atoms. The fourth-order valence-electron chi connectivity index (χ4n) is 3.49. The highest BCUT2D eigenvalue weighted by Crippen LogP contribution is 2.23. The van der Waals surface area contributed by atoms with E-state index in [0.29, 0.717) is 38.1 Å². The Balaban J connectivity index is 0.00000338. The highest BCUT2D eigenvalue weighted by atomic mass is 127. The van der Waals surface area contributed by atoms with Gasteiger partial charge >= 0.3 is 0 Å². The van der Waals surface area contributed by atoms with Gasteiger partial charge in [0.05, 0.1) is 10.5 Å². The Hall–Kier alpha value is -0.580. The molecule has 1 aliphatic carbocycles. The fraction of sp³-hybridized carbons (Fsp3) is 0.882. The molecule has 1 heterocycles. The molecule has 0 aromatic rings. The average molecular weight is 500 g/mol. The molecule has 0 aromatic carbocycles. The van der Waals surface area contributed by atoms with Gasteiger partial charge in [-0.25, -0.2) is 8.42 Å². The number of nitrogens with zero attached hydrogens (tertiary/aromatic N) is 2. The van der Waals surface area contributed by atoms with Crippen molar-refractivity contribution < 1.29 is 13.2 Å². The molecule has 0 unspecified atom stereocenters. The third-order valence-corrected chi connectivity index (χ3v) is 7.69. The second-order valence-corrected chi connectivity index (χ2v) is 10.4. The Kier molecular flexibility index (Phi) is 9.11. The maximum atomic E-state index is 12.1. The number of carbonyl (C=O) groups excluding carboxylic acids is 1. The molecule has 2 aliphatic rings. The highest BCUT2D eigenvalue weighted by molar-refractivity contribution is 14.0. The smallest absolute Gasteiger partial charge is 0.221 e. The van der Waals surface area contributed by atoms with E-state index in [1.165, 1.54) is 19.3 Å². The Morgan fingerprint density at radius 1 is 1.23 bits per heavy atom. The number of carbonyl (C=O) groups is 1. The summed E-state index contributed by atoms with van der Waals surface area (Å²) in [5, 5.41) is 6.29. The van der Waals surface area contributed by atoms with Crippen molar-refractivity contribution in [2.45, 2.75) is 63.2 Å². The summed E-state index contributed by atoms with van der Waals surface area (Å²) in [6.45, 7) is 4.83. The number of guanidine groups is 1. The first-order chi connectivity index (χ1) is 11.7. The maximum absolute atomic E-state index is 12.1. The molecule has 2 N–H and O–H groups in total. The Bertz CT molecular complexity index is 601. The number of halogens is 1. The molecular weight excluding hydrogens is 467 g/mol. The molecule has 1 amide bonds. The van der Waals surface area contributed by atoms with E-state index < -0.39 is 14.6 Å². The molecule has 0 spiro atoms. The molecule has 1 saturated heterocycles. The maximum Gasteiger partial charge on any atom is 0.221 e. The topological polar surface area (TPSA) is 90.9 Å². The van der Waals surface area contributed by atoms with Gasteiger partial charge in [0, 0.05) is 39.1 Å². The Morgan fingerprint density at radius 2 is 1.88 bits per heavy atom. The second kappa shape index (κ2) is 10.1. The van der Waals surface area contributed by atoms with Crippen molar-refractivity contribution >= 4 is 45.7 Å². The van der Waals surface area contributed by atoms with Crippen molar-refractivity contribution in [3.63, 3.8) is 0 Å². The molecule has 0 atom stereocenters. The summed E-state index contributed by atoms with van der Waals surface area (Å²) in [7, 11) is -1.39. The number of hydrogen-bond donors (Lipinski definition) is 2. The lowest BCUT2D eigenvalue weighted by atomic mass is 9.95. The predicted octanol–water partition coefficient (Wildman–Crippen LogP) is 1.53. The average Bonchev–Trinajstić information content (AvgIpc) is 2.55. The number of hydrogen-bond acceptors (Lipinski definition) is 4. The summed E-state index contributed by atoms with van der Waals surface area (Å²) in [6.07, 6.45) is 6.22. The summed E-state index contributed by atoms with van der Waals surface area (Å²) in [6, 6.07) is 0.327. The Morgan fingerprint density at radius 3 is 2.46 bits per heavy atom. The van der Waals surface area contributed by atoms with Crippen LogP contribution in [0.2, 0.25) is 0 Å². The van der Waals surface area contributed by atoms with Crippen molar-refractivity contribution in [3.05, 3.63) is 0 Å². The van der Waals surface area contributed by atoms with E-state index in [2.05, 4.69) is 15.6 Å². The van der Waals surface area contributed by atoms with Crippen LogP contribution in [0.5, 0.6) is 0 Å². The van der Waals surface area contributed by atoms with Crippen molar-refractivity contribution in [1.29, 1.82) is 0 Å². The molecule has 0 radical (unpaired) electrons. The van der Waals surface area contributed by atoms with Crippen molar-refractivity contribution in [1.82, 2.24) is 15.5 Å². The molecule has 0 aromatic heterocycles. The molecule has 152 valence electrons. The molecule has 0 bridgehead atoms. The minimum atomic E-state index is -3.07. The molecule has 1 aliphatic heterocycles. The molecule has 7 nitrogen and oxygen atoms in total. The summed E-state index contributed by atoms with van der Waals surface area (Å²) in [4.78, 5) is 18.3.